The summed E-state index contributed by atoms with van der Waals surface area (Å²) in [6.07, 6.45) is 1.73. The van der Waals surface area contributed by atoms with Crippen LogP contribution in [0.25, 0.3) is 0 Å². The highest BCUT2D eigenvalue weighted by atomic mass is 16.5. The van der Waals surface area contributed by atoms with Gasteiger partial charge < -0.3 is 20.1 Å². The van der Waals surface area contributed by atoms with Crippen molar-refractivity contribution in [3.05, 3.63) is 17.5 Å². The molecule has 100 valence electrons. The minimum Gasteiger partial charge on any atom is -0.394 e. The molecule has 2 rings (SSSR count). The third kappa shape index (κ3) is 2.46. The number of aliphatic hydroxyl groups is 1. The second kappa shape index (κ2) is 5.36. The zero-order chi connectivity index (χ0) is 13.1. The van der Waals surface area contributed by atoms with E-state index >= 15 is 0 Å². The molecule has 0 spiro atoms. The fourth-order valence-electron chi connectivity index (χ4n) is 1.92. The fourth-order valence-corrected chi connectivity index (χ4v) is 1.92. The maximum Gasteiger partial charge on any atom is 0.317 e. The van der Waals surface area contributed by atoms with Crippen LogP contribution in [0.5, 0.6) is 0 Å². The van der Waals surface area contributed by atoms with Gasteiger partial charge in [-0.2, -0.15) is 5.10 Å². The number of hydrogen-bond acceptors (Lipinski definition) is 4. The number of urea groups is 1. The van der Waals surface area contributed by atoms with Gasteiger partial charge >= 0.3 is 6.03 Å². The molecule has 7 nitrogen and oxygen atoms in total. The molecule has 2 amide bonds. The number of carbonyl (C=O) groups is 1. The molecule has 0 radical (unpaired) electrons. The Balaban J connectivity index is 2.15. The van der Waals surface area contributed by atoms with E-state index in [0.29, 0.717) is 19.8 Å². The van der Waals surface area contributed by atoms with Gasteiger partial charge in [0.1, 0.15) is 0 Å². The molecule has 1 aromatic rings. The largest absolute Gasteiger partial charge is 0.394 e. The SMILES string of the molecule is CN(C)C(=O)N[C@H]1COCc2c1cnn2CCO. The Bertz CT molecular complexity index is 430. The van der Waals surface area contributed by atoms with Crippen LogP contribution >= 0.6 is 0 Å². The predicted molar refractivity (Wildman–Crippen MR) is 63.9 cm³/mol. The number of hydrogen-bond donors (Lipinski definition) is 2. The normalized spacial score (nSPS) is 18.3. The Morgan fingerprint density at radius 1 is 1.72 bits per heavy atom. The predicted octanol–water partition coefficient (Wildman–Crippen LogP) is -0.282. The molecule has 0 bridgehead atoms. The van der Waals surface area contributed by atoms with E-state index in [0.717, 1.165) is 11.3 Å². The minimum absolute atomic E-state index is 0.0306. The van der Waals surface area contributed by atoms with Crippen LogP contribution in [0.15, 0.2) is 6.20 Å². The van der Waals surface area contributed by atoms with Crippen molar-refractivity contribution in [2.75, 3.05) is 27.3 Å². The first-order valence-corrected chi connectivity index (χ1v) is 5.84. The molecule has 0 fully saturated rings. The minimum atomic E-state index is -0.184. The Morgan fingerprint density at radius 3 is 3.17 bits per heavy atom. The van der Waals surface area contributed by atoms with E-state index in [1.807, 2.05) is 0 Å². The molecule has 0 aliphatic carbocycles. The third-order valence-electron chi connectivity index (χ3n) is 2.90. The molecular weight excluding hydrogens is 236 g/mol. The Labute approximate surface area is 105 Å². The molecule has 7 heteroatoms. The Morgan fingerprint density at radius 2 is 2.50 bits per heavy atom. The lowest BCUT2D eigenvalue weighted by molar-refractivity contribution is 0.0769. The van der Waals surface area contributed by atoms with Gasteiger partial charge in [0.15, 0.2) is 0 Å². The average Bonchev–Trinajstić information content (AvgIpc) is 2.74. The van der Waals surface area contributed by atoms with Crippen LogP contribution in [0.2, 0.25) is 0 Å². The summed E-state index contributed by atoms with van der Waals surface area (Å²) in [6.45, 7) is 1.37. The van der Waals surface area contributed by atoms with Crippen LogP contribution in [0.3, 0.4) is 0 Å². The second-order valence-electron chi connectivity index (χ2n) is 4.40. The Hall–Kier alpha value is -1.60. The molecule has 18 heavy (non-hydrogen) atoms. The van der Waals surface area contributed by atoms with Crippen LogP contribution in [-0.4, -0.2) is 53.1 Å². The number of fused-ring (bicyclic) bond motifs is 1. The summed E-state index contributed by atoms with van der Waals surface area (Å²) in [4.78, 5) is 13.1. The van der Waals surface area contributed by atoms with Gasteiger partial charge in [0, 0.05) is 19.7 Å². The smallest absolute Gasteiger partial charge is 0.317 e. The molecule has 0 unspecified atom stereocenters. The van der Waals surface area contributed by atoms with Crippen LogP contribution in [-0.2, 0) is 17.9 Å². The van der Waals surface area contributed by atoms with Crippen molar-refractivity contribution in [1.82, 2.24) is 20.0 Å². The molecule has 2 N–H and O–H groups in total. The molecule has 0 saturated heterocycles. The number of nitrogens with one attached hydrogen (secondary N) is 1. The van der Waals surface area contributed by atoms with Crippen LogP contribution < -0.4 is 5.32 Å². The lowest BCUT2D eigenvalue weighted by atomic mass is 10.1. The maximum absolute atomic E-state index is 11.6. The average molecular weight is 254 g/mol. The monoisotopic (exact) mass is 254 g/mol. The van der Waals surface area contributed by atoms with E-state index in [2.05, 4.69) is 10.4 Å². The highest BCUT2D eigenvalue weighted by Crippen LogP contribution is 2.24. The molecule has 1 atom stereocenters. The topological polar surface area (TPSA) is 79.6 Å². The van der Waals surface area contributed by atoms with Crippen LogP contribution in [0, 0.1) is 0 Å². The number of amides is 2. The number of nitrogens with zero attached hydrogens (tertiary/aromatic N) is 3. The van der Waals surface area contributed by atoms with Gasteiger partial charge in [0.25, 0.3) is 0 Å². The van der Waals surface area contributed by atoms with Gasteiger partial charge in [0.2, 0.25) is 0 Å². The number of ether oxygens (including phenoxy) is 1. The summed E-state index contributed by atoms with van der Waals surface area (Å²) in [5.74, 6) is 0. The van der Waals surface area contributed by atoms with Crippen LogP contribution in [0.1, 0.15) is 17.3 Å². The summed E-state index contributed by atoms with van der Waals surface area (Å²) in [5.41, 5.74) is 1.88. The first-order valence-electron chi connectivity index (χ1n) is 5.84. The Kier molecular flexibility index (Phi) is 3.83. The van der Waals surface area contributed by atoms with Crippen LogP contribution in [0.4, 0.5) is 4.79 Å². The summed E-state index contributed by atoms with van der Waals surface area (Å²) in [7, 11) is 3.38. The molecule has 1 aliphatic heterocycles. The molecule has 0 saturated carbocycles. The summed E-state index contributed by atoms with van der Waals surface area (Å²) >= 11 is 0. The summed E-state index contributed by atoms with van der Waals surface area (Å²) in [6, 6.07) is -0.345. The van der Waals surface area contributed by atoms with Gasteiger partial charge in [-0.25, -0.2) is 4.79 Å². The number of aromatic nitrogens is 2. The van der Waals surface area contributed by atoms with Gasteiger partial charge in [-0.3, -0.25) is 4.68 Å². The van der Waals surface area contributed by atoms with Crippen molar-refractivity contribution < 1.29 is 14.6 Å². The molecular formula is C11H18N4O3. The van der Waals surface area contributed by atoms with E-state index < -0.39 is 0 Å². The fraction of sp³-hybridized carbons (Fsp3) is 0.636. The molecule has 2 heterocycles. The van der Waals surface area contributed by atoms with E-state index in [9.17, 15) is 4.79 Å². The zero-order valence-corrected chi connectivity index (χ0v) is 10.6. The standard InChI is InChI=1S/C11H18N4O3/c1-14(2)11(17)13-9-6-18-7-10-8(9)5-12-15(10)3-4-16/h5,9,16H,3-4,6-7H2,1-2H3,(H,13,17)/t9-/m0/s1. The van der Waals surface area contributed by atoms with E-state index in [-0.39, 0.29) is 18.7 Å². The number of aliphatic hydroxyl groups excluding tert-OH is 1. The lowest BCUT2D eigenvalue weighted by Gasteiger charge is -2.25. The van der Waals surface area contributed by atoms with Crippen molar-refractivity contribution in [2.24, 2.45) is 0 Å². The van der Waals surface area contributed by atoms with E-state index in [1.54, 1.807) is 25.0 Å². The second-order valence-corrected chi connectivity index (χ2v) is 4.40. The van der Waals surface area contributed by atoms with E-state index in [1.165, 1.54) is 4.90 Å². The quantitative estimate of drug-likeness (QED) is 0.777. The first-order chi connectivity index (χ1) is 8.63. The molecule has 0 aromatic carbocycles. The van der Waals surface area contributed by atoms with Crippen molar-refractivity contribution in [2.45, 2.75) is 19.2 Å². The van der Waals surface area contributed by atoms with Gasteiger partial charge in [-0.1, -0.05) is 0 Å². The lowest BCUT2D eigenvalue weighted by Crippen LogP contribution is -2.40. The highest BCUT2D eigenvalue weighted by molar-refractivity contribution is 5.74. The summed E-state index contributed by atoms with van der Waals surface area (Å²) in [5, 5.41) is 16.0. The van der Waals surface area contributed by atoms with Gasteiger partial charge in [0.05, 0.1) is 44.3 Å². The number of rotatable bonds is 3. The molecule has 1 aliphatic rings. The van der Waals surface area contributed by atoms with Gasteiger partial charge in [-0.15, -0.1) is 0 Å². The van der Waals surface area contributed by atoms with Crippen molar-refractivity contribution in [3.8, 4) is 0 Å². The maximum atomic E-state index is 11.6. The van der Waals surface area contributed by atoms with Crippen molar-refractivity contribution >= 4 is 6.03 Å². The van der Waals surface area contributed by atoms with Gasteiger partial charge in [-0.05, 0) is 0 Å². The summed E-state index contributed by atoms with van der Waals surface area (Å²) < 4.78 is 7.17. The van der Waals surface area contributed by atoms with Crippen molar-refractivity contribution in [3.63, 3.8) is 0 Å². The number of carbonyl (C=O) groups excluding carboxylic acids is 1. The zero-order valence-electron chi connectivity index (χ0n) is 10.6. The first kappa shape index (κ1) is 12.8. The molecule has 1 aromatic heterocycles. The third-order valence-corrected chi connectivity index (χ3v) is 2.90. The highest BCUT2D eigenvalue weighted by Gasteiger charge is 2.26. The van der Waals surface area contributed by atoms with E-state index in [4.69, 9.17) is 9.84 Å². The van der Waals surface area contributed by atoms with Crippen molar-refractivity contribution in [1.29, 1.82) is 0 Å².